The molecule has 0 aliphatic rings. The van der Waals surface area contributed by atoms with E-state index in [-0.39, 0.29) is 10.3 Å². The van der Waals surface area contributed by atoms with E-state index < -0.39 is 10.1 Å². The highest BCUT2D eigenvalue weighted by Gasteiger charge is 2.27. The van der Waals surface area contributed by atoms with Crippen LogP contribution in [0, 0.1) is 13.8 Å². The Kier molecular flexibility index (Phi) is 3.43. The van der Waals surface area contributed by atoms with Crippen LogP contribution in [0.15, 0.2) is 29.2 Å². The van der Waals surface area contributed by atoms with Gasteiger partial charge in [-0.05, 0) is 47.2 Å². The summed E-state index contributed by atoms with van der Waals surface area (Å²) in [4.78, 5) is 0.0144. The third-order valence-electron chi connectivity index (χ3n) is 3.55. The molecule has 1 N–H and O–H groups in total. The molecule has 0 spiro atoms. The Bertz CT molecular complexity index is 781. The first-order valence-corrected chi connectivity index (χ1v) is 7.98. The fourth-order valence-electron chi connectivity index (χ4n) is 2.81. The van der Waals surface area contributed by atoms with Crippen molar-refractivity contribution in [2.24, 2.45) is 0 Å². The Morgan fingerprint density at radius 1 is 1.05 bits per heavy atom. The topological polar surface area (TPSA) is 54.4 Å². The lowest BCUT2D eigenvalue weighted by molar-refractivity contribution is 0.476. The lowest BCUT2D eigenvalue weighted by Crippen LogP contribution is -2.18. The van der Waals surface area contributed by atoms with Crippen LogP contribution in [-0.2, 0) is 15.5 Å². The third-order valence-corrected chi connectivity index (χ3v) is 4.42. The molecule has 108 valence electrons. The van der Waals surface area contributed by atoms with E-state index in [1.807, 2.05) is 52.8 Å². The second kappa shape index (κ2) is 4.57. The molecule has 2 rings (SSSR count). The summed E-state index contributed by atoms with van der Waals surface area (Å²) < 4.78 is 33.0. The fourth-order valence-corrected chi connectivity index (χ4v) is 3.80. The van der Waals surface area contributed by atoms with Crippen LogP contribution >= 0.6 is 0 Å². The molecule has 0 radical (unpaired) electrons. The van der Waals surface area contributed by atoms with Gasteiger partial charge in [-0.2, -0.15) is 8.42 Å². The Morgan fingerprint density at radius 2 is 1.65 bits per heavy atom. The second-order valence-electron chi connectivity index (χ2n) is 6.32. The van der Waals surface area contributed by atoms with Crippen LogP contribution in [0.1, 0.15) is 37.5 Å². The van der Waals surface area contributed by atoms with Gasteiger partial charge in [0.2, 0.25) is 0 Å². The molecule has 0 unspecified atom stereocenters. The van der Waals surface area contributed by atoms with Crippen molar-refractivity contribution in [3.63, 3.8) is 0 Å². The van der Waals surface area contributed by atoms with Gasteiger partial charge < -0.3 is 0 Å². The molecule has 0 aromatic heterocycles. The molecule has 0 atom stereocenters. The Morgan fingerprint density at radius 3 is 2.15 bits per heavy atom. The van der Waals surface area contributed by atoms with Crippen LogP contribution in [0.2, 0.25) is 0 Å². The summed E-state index contributed by atoms with van der Waals surface area (Å²) in [5.74, 6) is 0. The highest BCUT2D eigenvalue weighted by atomic mass is 32.2. The molecule has 2 aromatic rings. The van der Waals surface area contributed by atoms with E-state index in [1.54, 1.807) is 6.07 Å². The van der Waals surface area contributed by atoms with Crippen LogP contribution in [0.5, 0.6) is 0 Å². The predicted octanol–water partition coefficient (Wildman–Crippen LogP) is 4.00. The van der Waals surface area contributed by atoms with Crippen molar-refractivity contribution in [2.75, 3.05) is 0 Å². The summed E-state index contributed by atoms with van der Waals surface area (Å²) >= 11 is 0. The smallest absolute Gasteiger partial charge is 0.282 e. The molecule has 0 aliphatic heterocycles. The standard InChI is InChI=1S/C16H20O3S/c1-10-6-7-13-11(2)15(16(3,4)5)14(20(17,18)19)9-12(13)8-10/h6-9H,1-5H3,(H,17,18,19). The van der Waals surface area contributed by atoms with Crippen LogP contribution in [0.3, 0.4) is 0 Å². The van der Waals surface area contributed by atoms with Gasteiger partial charge in [0.1, 0.15) is 0 Å². The van der Waals surface area contributed by atoms with Crippen LogP contribution in [0.25, 0.3) is 10.8 Å². The number of benzene rings is 2. The van der Waals surface area contributed by atoms with Gasteiger partial charge in [0, 0.05) is 0 Å². The van der Waals surface area contributed by atoms with Crippen molar-refractivity contribution in [3.05, 3.63) is 41.0 Å². The first-order chi connectivity index (χ1) is 9.01. The van der Waals surface area contributed by atoms with Crippen molar-refractivity contribution < 1.29 is 13.0 Å². The van der Waals surface area contributed by atoms with Crippen LogP contribution < -0.4 is 0 Å². The first-order valence-electron chi connectivity index (χ1n) is 6.54. The average Bonchev–Trinajstić information content (AvgIpc) is 2.24. The summed E-state index contributed by atoms with van der Waals surface area (Å²) in [5, 5.41) is 1.86. The molecular formula is C16H20O3S. The van der Waals surface area contributed by atoms with Gasteiger partial charge in [-0.1, -0.05) is 44.5 Å². The highest BCUT2D eigenvalue weighted by Crippen LogP contribution is 2.36. The first kappa shape index (κ1) is 15.0. The molecule has 2 aromatic carbocycles. The number of hydrogen-bond acceptors (Lipinski definition) is 2. The minimum Gasteiger partial charge on any atom is -0.282 e. The molecule has 0 heterocycles. The van der Waals surface area contributed by atoms with E-state index in [4.69, 9.17) is 0 Å². The number of hydrogen-bond donors (Lipinski definition) is 1. The summed E-state index contributed by atoms with van der Waals surface area (Å²) in [5.41, 5.74) is 2.27. The van der Waals surface area contributed by atoms with E-state index >= 15 is 0 Å². The van der Waals surface area contributed by atoms with Gasteiger partial charge >= 0.3 is 0 Å². The van der Waals surface area contributed by atoms with Crippen molar-refractivity contribution in [2.45, 2.75) is 44.9 Å². The highest BCUT2D eigenvalue weighted by molar-refractivity contribution is 7.85. The maximum absolute atomic E-state index is 11.7. The number of aryl methyl sites for hydroxylation is 2. The number of rotatable bonds is 1. The second-order valence-corrected chi connectivity index (χ2v) is 7.71. The minimum absolute atomic E-state index is 0.0144. The predicted molar refractivity (Wildman–Crippen MR) is 81.9 cm³/mol. The largest absolute Gasteiger partial charge is 0.294 e. The molecule has 0 fully saturated rings. The normalized spacial score (nSPS) is 12.9. The molecule has 20 heavy (non-hydrogen) atoms. The average molecular weight is 292 g/mol. The lowest BCUT2D eigenvalue weighted by atomic mass is 9.82. The molecule has 0 bridgehead atoms. The van der Waals surface area contributed by atoms with Crippen molar-refractivity contribution in [3.8, 4) is 0 Å². The Labute approximate surface area is 120 Å². The minimum atomic E-state index is -4.24. The van der Waals surface area contributed by atoms with Gasteiger partial charge in [0.05, 0.1) is 4.90 Å². The molecule has 0 saturated heterocycles. The maximum Gasteiger partial charge on any atom is 0.294 e. The quantitative estimate of drug-likeness (QED) is 0.808. The van der Waals surface area contributed by atoms with E-state index in [2.05, 4.69) is 0 Å². The lowest BCUT2D eigenvalue weighted by Gasteiger charge is -2.25. The Hall–Kier alpha value is -1.39. The maximum atomic E-state index is 11.7. The molecule has 0 amide bonds. The van der Waals surface area contributed by atoms with E-state index in [1.165, 1.54) is 0 Å². The van der Waals surface area contributed by atoms with E-state index in [0.29, 0.717) is 5.56 Å². The zero-order valence-corrected chi connectivity index (χ0v) is 13.3. The SMILES string of the molecule is Cc1ccc2c(C)c(C(C)(C)C)c(S(=O)(=O)O)cc2c1. The fraction of sp³-hybridized carbons (Fsp3) is 0.375. The third kappa shape index (κ3) is 2.58. The Balaban J connectivity index is 3.03. The van der Waals surface area contributed by atoms with Gasteiger partial charge in [-0.15, -0.1) is 0 Å². The molecule has 0 aliphatic carbocycles. The zero-order chi connectivity index (χ0) is 15.3. The van der Waals surface area contributed by atoms with E-state index in [9.17, 15) is 13.0 Å². The summed E-state index contributed by atoms with van der Waals surface area (Å²) in [6.45, 7) is 9.71. The van der Waals surface area contributed by atoms with Gasteiger partial charge in [-0.3, -0.25) is 4.55 Å². The van der Waals surface area contributed by atoms with Crippen molar-refractivity contribution in [1.29, 1.82) is 0 Å². The summed E-state index contributed by atoms with van der Waals surface area (Å²) in [7, 11) is -4.24. The monoisotopic (exact) mass is 292 g/mol. The van der Waals surface area contributed by atoms with Gasteiger partial charge in [-0.25, -0.2) is 0 Å². The van der Waals surface area contributed by atoms with E-state index in [0.717, 1.165) is 21.9 Å². The molecule has 3 nitrogen and oxygen atoms in total. The van der Waals surface area contributed by atoms with Crippen molar-refractivity contribution >= 4 is 20.9 Å². The van der Waals surface area contributed by atoms with Gasteiger partial charge in [0.25, 0.3) is 10.1 Å². The molecule has 4 heteroatoms. The van der Waals surface area contributed by atoms with Crippen molar-refractivity contribution in [1.82, 2.24) is 0 Å². The molecular weight excluding hydrogens is 272 g/mol. The van der Waals surface area contributed by atoms with Crippen LogP contribution in [0.4, 0.5) is 0 Å². The zero-order valence-electron chi connectivity index (χ0n) is 12.5. The molecule has 0 saturated carbocycles. The van der Waals surface area contributed by atoms with Crippen LogP contribution in [-0.4, -0.2) is 13.0 Å². The number of fused-ring (bicyclic) bond motifs is 1. The summed E-state index contributed by atoms with van der Waals surface area (Å²) in [6.07, 6.45) is 0. The van der Waals surface area contributed by atoms with Gasteiger partial charge in [0.15, 0.2) is 0 Å². The summed E-state index contributed by atoms with van der Waals surface area (Å²) in [6, 6.07) is 7.52.